The van der Waals surface area contributed by atoms with E-state index in [2.05, 4.69) is 17.2 Å². The summed E-state index contributed by atoms with van der Waals surface area (Å²) in [4.78, 5) is 11.5. The van der Waals surface area contributed by atoms with Crippen LogP contribution in [0.4, 0.5) is 0 Å². The number of amides is 1. The van der Waals surface area contributed by atoms with Crippen molar-refractivity contribution in [3.63, 3.8) is 0 Å². The lowest BCUT2D eigenvalue weighted by atomic mass is 10.2. The van der Waals surface area contributed by atoms with Gasteiger partial charge in [0.25, 0.3) is 15.0 Å². The predicted octanol–water partition coefficient (Wildman–Crippen LogP) is 2.02. The molecule has 1 amide bonds. The number of benzene rings is 1. The fourth-order valence-corrected chi connectivity index (χ4v) is 2.25. The van der Waals surface area contributed by atoms with Crippen molar-refractivity contribution in [1.29, 1.82) is 0 Å². The van der Waals surface area contributed by atoms with Gasteiger partial charge in [0.1, 0.15) is 0 Å². The molecule has 0 aliphatic heterocycles. The van der Waals surface area contributed by atoms with Crippen LogP contribution < -0.4 is 5.32 Å². The molecule has 0 saturated carbocycles. The Morgan fingerprint density at radius 3 is 2.61 bits per heavy atom. The molecule has 1 rings (SSSR count). The van der Waals surface area contributed by atoms with Gasteiger partial charge in [0.15, 0.2) is 0 Å². The Hall–Kier alpha value is -1.22. The molecule has 18 heavy (non-hydrogen) atoms. The van der Waals surface area contributed by atoms with E-state index in [9.17, 15) is 13.2 Å². The summed E-state index contributed by atoms with van der Waals surface area (Å²) in [5, 5.41) is 2.61. The second-order valence-electron chi connectivity index (χ2n) is 3.22. The SMILES string of the molecule is CC#CCNC(=O)c1cc(Cl)cc(S(=O)(=O)Cl)c1. The Labute approximate surface area is 115 Å². The van der Waals surface area contributed by atoms with Crippen LogP contribution in [0.3, 0.4) is 0 Å². The summed E-state index contributed by atoms with van der Waals surface area (Å²) < 4.78 is 22.3. The van der Waals surface area contributed by atoms with Crippen LogP contribution in [-0.2, 0) is 9.05 Å². The minimum atomic E-state index is -3.93. The molecule has 96 valence electrons. The highest BCUT2D eigenvalue weighted by molar-refractivity contribution is 8.13. The normalized spacial score (nSPS) is 10.4. The third-order valence-electron chi connectivity index (χ3n) is 1.93. The molecule has 0 bridgehead atoms. The van der Waals surface area contributed by atoms with Gasteiger partial charge in [-0.15, -0.1) is 5.92 Å². The molecule has 1 N–H and O–H groups in total. The monoisotopic (exact) mass is 305 g/mol. The first-order valence-corrected chi connectivity index (χ1v) is 7.46. The molecular weight excluding hydrogens is 297 g/mol. The Morgan fingerprint density at radius 2 is 2.06 bits per heavy atom. The van der Waals surface area contributed by atoms with Gasteiger partial charge in [-0.1, -0.05) is 17.5 Å². The Kier molecular flexibility index (Phi) is 5.03. The quantitative estimate of drug-likeness (QED) is 0.686. The molecule has 0 fully saturated rings. The molecule has 0 atom stereocenters. The van der Waals surface area contributed by atoms with Gasteiger partial charge in [-0.2, -0.15) is 0 Å². The van der Waals surface area contributed by atoms with E-state index < -0.39 is 15.0 Å². The van der Waals surface area contributed by atoms with E-state index in [-0.39, 0.29) is 22.0 Å². The van der Waals surface area contributed by atoms with Crippen LogP contribution in [0.1, 0.15) is 17.3 Å². The predicted molar refractivity (Wildman–Crippen MR) is 70.3 cm³/mol. The number of carbonyl (C=O) groups excluding carboxylic acids is 1. The number of rotatable bonds is 3. The molecule has 0 aromatic heterocycles. The molecule has 0 aliphatic carbocycles. The van der Waals surface area contributed by atoms with Crippen molar-refractivity contribution in [2.45, 2.75) is 11.8 Å². The van der Waals surface area contributed by atoms with Crippen molar-refractivity contribution in [3.8, 4) is 11.8 Å². The van der Waals surface area contributed by atoms with Gasteiger partial charge in [-0.25, -0.2) is 8.42 Å². The summed E-state index contributed by atoms with van der Waals surface area (Å²) in [5.41, 5.74) is 0.111. The van der Waals surface area contributed by atoms with Crippen LogP contribution in [-0.4, -0.2) is 20.9 Å². The zero-order valence-corrected chi connectivity index (χ0v) is 11.7. The second-order valence-corrected chi connectivity index (χ2v) is 6.23. The van der Waals surface area contributed by atoms with Gasteiger partial charge in [-0.3, -0.25) is 4.79 Å². The van der Waals surface area contributed by atoms with Gasteiger partial charge in [-0.05, 0) is 25.1 Å². The first-order valence-electron chi connectivity index (χ1n) is 4.77. The number of hydrogen-bond donors (Lipinski definition) is 1. The number of nitrogens with one attached hydrogen (secondary N) is 1. The first-order chi connectivity index (χ1) is 8.34. The van der Waals surface area contributed by atoms with Crippen molar-refractivity contribution in [1.82, 2.24) is 5.32 Å². The van der Waals surface area contributed by atoms with Gasteiger partial charge >= 0.3 is 0 Å². The van der Waals surface area contributed by atoms with Gasteiger partial charge in [0, 0.05) is 21.3 Å². The van der Waals surface area contributed by atoms with Crippen molar-refractivity contribution < 1.29 is 13.2 Å². The van der Waals surface area contributed by atoms with Gasteiger partial charge < -0.3 is 5.32 Å². The number of halogens is 2. The molecule has 1 aromatic rings. The smallest absolute Gasteiger partial charge is 0.261 e. The van der Waals surface area contributed by atoms with Crippen LogP contribution in [0.25, 0.3) is 0 Å². The van der Waals surface area contributed by atoms with Crippen LogP contribution in [0.5, 0.6) is 0 Å². The summed E-state index contributed by atoms with van der Waals surface area (Å²) in [7, 11) is 1.27. The summed E-state index contributed by atoms with van der Waals surface area (Å²) >= 11 is 5.73. The average molecular weight is 306 g/mol. The van der Waals surface area contributed by atoms with Crippen LogP contribution in [0, 0.1) is 11.8 Å². The van der Waals surface area contributed by atoms with E-state index in [4.69, 9.17) is 22.3 Å². The van der Waals surface area contributed by atoms with Gasteiger partial charge in [0.2, 0.25) is 0 Å². The Bertz CT molecular complexity index is 629. The van der Waals surface area contributed by atoms with Crippen molar-refractivity contribution in [2.24, 2.45) is 0 Å². The lowest BCUT2D eigenvalue weighted by molar-refractivity contribution is 0.0958. The van der Waals surface area contributed by atoms with Crippen molar-refractivity contribution in [3.05, 3.63) is 28.8 Å². The van der Waals surface area contributed by atoms with Crippen molar-refractivity contribution >= 4 is 37.2 Å². The highest BCUT2D eigenvalue weighted by Crippen LogP contribution is 2.21. The minimum Gasteiger partial charge on any atom is -0.341 e. The highest BCUT2D eigenvalue weighted by Gasteiger charge is 2.15. The topological polar surface area (TPSA) is 63.2 Å². The molecule has 0 unspecified atom stereocenters. The van der Waals surface area contributed by atoms with Crippen molar-refractivity contribution in [2.75, 3.05) is 6.54 Å². The molecule has 0 aliphatic rings. The molecule has 0 heterocycles. The Balaban J connectivity index is 3.06. The van der Waals surface area contributed by atoms with E-state index >= 15 is 0 Å². The standard InChI is InChI=1S/C11H9Cl2NO3S/c1-2-3-4-14-11(15)8-5-9(12)7-10(6-8)18(13,16)17/h5-7H,4H2,1H3,(H,14,15). The number of carbonyl (C=O) groups is 1. The van der Waals surface area contributed by atoms with E-state index in [1.807, 2.05) is 0 Å². The van der Waals surface area contributed by atoms with Crippen LogP contribution in [0.15, 0.2) is 23.1 Å². The summed E-state index contributed by atoms with van der Waals surface area (Å²) in [5.74, 6) is 4.79. The van der Waals surface area contributed by atoms with Crippen LogP contribution >= 0.6 is 22.3 Å². The maximum absolute atomic E-state index is 11.7. The zero-order valence-electron chi connectivity index (χ0n) is 9.33. The molecular formula is C11H9Cl2NO3S. The lowest BCUT2D eigenvalue weighted by Gasteiger charge is -2.04. The molecule has 4 nitrogen and oxygen atoms in total. The van der Waals surface area contributed by atoms with E-state index in [0.29, 0.717) is 0 Å². The maximum atomic E-state index is 11.7. The average Bonchev–Trinajstić information content (AvgIpc) is 2.27. The van der Waals surface area contributed by atoms with E-state index in [1.165, 1.54) is 12.1 Å². The largest absolute Gasteiger partial charge is 0.341 e. The first kappa shape index (κ1) is 14.8. The molecule has 0 spiro atoms. The number of hydrogen-bond acceptors (Lipinski definition) is 3. The fourth-order valence-electron chi connectivity index (χ4n) is 1.15. The molecule has 0 radical (unpaired) electrons. The van der Waals surface area contributed by atoms with Gasteiger partial charge in [0.05, 0.1) is 11.4 Å². The van der Waals surface area contributed by atoms with E-state index in [1.54, 1.807) is 6.92 Å². The maximum Gasteiger partial charge on any atom is 0.261 e. The molecule has 7 heteroatoms. The minimum absolute atomic E-state index is 0.111. The van der Waals surface area contributed by atoms with Crippen LogP contribution in [0.2, 0.25) is 5.02 Å². The Morgan fingerprint density at radius 1 is 1.39 bits per heavy atom. The zero-order chi connectivity index (χ0) is 13.8. The third kappa shape index (κ3) is 4.22. The molecule has 0 saturated heterocycles. The second kappa shape index (κ2) is 6.10. The van der Waals surface area contributed by atoms with E-state index in [0.717, 1.165) is 6.07 Å². The highest BCUT2D eigenvalue weighted by atomic mass is 35.7. The summed E-state index contributed by atoms with van der Waals surface area (Å²) in [6.45, 7) is 1.81. The fraction of sp³-hybridized carbons (Fsp3) is 0.182. The lowest BCUT2D eigenvalue weighted by Crippen LogP contribution is -2.23. The third-order valence-corrected chi connectivity index (χ3v) is 3.48. The summed E-state index contributed by atoms with van der Waals surface area (Å²) in [6.07, 6.45) is 0. The summed E-state index contributed by atoms with van der Waals surface area (Å²) in [6, 6.07) is 3.68. The molecule has 1 aromatic carbocycles.